The van der Waals surface area contributed by atoms with Crippen LogP contribution in [0.4, 0.5) is 0 Å². The monoisotopic (exact) mass is 225 g/mol. The van der Waals surface area contributed by atoms with Crippen molar-refractivity contribution in [1.82, 2.24) is 5.32 Å². The summed E-state index contributed by atoms with van der Waals surface area (Å²) in [6.07, 6.45) is 7.23. The van der Waals surface area contributed by atoms with E-state index in [1.165, 1.54) is 0 Å². The summed E-state index contributed by atoms with van der Waals surface area (Å²) in [5, 5.41) is 2.42. The standard InChI is InChI=1S/C14H11NO2/c16-12-11-8-4-5-9-14(11,13(17)15-12)10-6-2-1-3-7-10/h1-9,11H,(H,15,16,17). The molecule has 3 nitrogen and oxygen atoms in total. The first kappa shape index (κ1) is 10.0. The van der Waals surface area contributed by atoms with Crippen LogP contribution < -0.4 is 5.32 Å². The molecular weight excluding hydrogens is 214 g/mol. The summed E-state index contributed by atoms with van der Waals surface area (Å²) in [4.78, 5) is 23.9. The van der Waals surface area contributed by atoms with Crippen LogP contribution in [0.2, 0.25) is 0 Å². The number of nitrogens with one attached hydrogen (secondary N) is 1. The molecule has 0 aromatic heterocycles. The second kappa shape index (κ2) is 3.42. The number of carbonyl (C=O) groups is 2. The van der Waals surface area contributed by atoms with Gasteiger partial charge in [-0.2, -0.15) is 0 Å². The molecule has 2 aliphatic rings. The zero-order valence-corrected chi connectivity index (χ0v) is 9.09. The Morgan fingerprint density at radius 2 is 1.82 bits per heavy atom. The normalized spacial score (nSPS) is 30.2. The van der Waals surface area contributed by atoms with Gasteiger partial charge in [-0.3, -0.25) is 14.9 Å². The zero-order valence-electron chi connectivity index (χ0n) is 9.09. The largest absolute Gasteiger partial charge is 0.295 e. The summed E-state index contributed by atoms with van der Waals surface area (Å²) in [7, 11) is 0. The summed E-state index contributed by atoms with van der Waals surface area (Å²) >= 11 is 0. The Morgan fingerprint density at radius 1 is 1.06 bits per heavy atom. The maximum Gasteiger partial charge on any atom is 0.242 e. The van der Waals surface area contributed by atoms with Gasteiger partial charge in [-0.05, 0) is 5.56 Å². The van der Waals surface area contributed by atoms with Crippen LogP contribution in [0.1, 0.15) is 5.56 Å². The third kappa shape index (κ3) is 1.22. The molecule has 2 amide bonds. The van der Waals surface area contributed by atoms with Gasteiger partial charge in [-0.15, -0.1) is 0 Å². The van der Waals surface area contributed by atoms with Crippen LogP contribution in [0.3, 0.4) is 0 Å². The first-order chi connectivity index (χ1) is 8.25. The fourth-order valence-corrected chi connectivity index (χ4v) is 2.56. The number of carbonyl (C=O) groups excluding carboxylic acids is 2. The highest BCUT2D eigenvalue weighted by atomic mass is 16.2. The molecular formula is C14H11NO2. The number of amides is 2. The molecule has 0 saturated carbocycles. The Kier molecular flexibility index (Phi) is 2.01. The minimum Gasteiger partial charge on any atom is -0.295 e. The van der Waals surface area contributed by atoms with E-state index in [9.17, 15) is 9.59 Å². The predicted octanol–water partition coefficient (Wildman–Crippen LogP) is 1.32. The Labute approximate surface area is 98.8 Å². The zero-order chi connectivity index (χ0) is 11.9. The van der Waals surface area contributed by atoms with E-state index in [0.717, 1.165) is 5.56 Å². The van der Waals surface area contributed by atoms with E-state index in [1.54, 1.807) is 6.08 Å². The quantitative estimate of drug-likeness (QED) is 0.733. The Hall–Kier alpha value is -2.16. The van der Waals surface area contributed by atoms with Crippen molar-refractivity contribution in [2.75, 3.05) is 0 Å². The van der Waals surface area contributed by atoms with Crippen LogP contribution in [0.15, 0.2) is 54.6 Å². The van der Waals surface area contributed by atoms with Crippen LogP contribution in [-0.4, -0.2) is 11.8 Å². The smallest absolute Gasteiger partial charge is 0.242 e. The first-order valence-electron chi connectivity index (χ1n) is 5.52. The average molecular weight is 225 g/mol. The van der Waals surface area contributed by atoms with Gasteiger partial charge in [0.25, 0.3) is 0 Å². The number of hydrogen-bond donors (Lipinski definition) is 1. The number of hydrogen-bond acceptors (Lipinski definition) is 2. The van der Waals surface area contributed by atoms with Crippen molar-refractivity contribution in [3.8, 4) is 0 Å². The van der Waals surface area contributed by atoms with Gasteiger partial charge in [0.15, 0.2) is 0 Å². The summed E-state index contributed by atoms with van der Waals surface area (Å²) in [5.41, 5.74) is 0.00144. The molecule has 1 aromatic rings. The molecule has 1 fully saturated rings. The van der Waals surface area contributed by atoms with Crippen molar-refractivity contribution in [2.45, 2.75) is 5.41 Å². The van der Waals surface area contributed by atoms with Gasteiger partial charge < -0.3 is 0 Å². The number of imide groups is 1. The Balaban J connectivity index is 2.22. The summed E-state index contributed by atoms with van der Waals surface area (Å²) in [5.74, 6) is -0.888. The van der Waals surface area contributed by atoms with E-state index in [-0.39, 0.29) is 11.8 Å². The maximum atomic E-state index is 12.1. The molecule has 1 saturated heterocycles. The second-order valence-electron chi connectivity index (χ2n) is 4.28. The van der Waals surface area contributed by atoms with Gasteiger partial charge >= 0.3 is 0 Å². The highest BCUT2D eigenvalue weighted by Gasteiger charge is 2.54. The molecule has 2 unspecified atom stereocenters. The van der Waals surface area contributed by atoms with Gasteiger partial charge in [0.2, 0.25) is 11.8 Å². The molecule has 3 rings (SSSR count). The first-order valence-corrected chi connectivity index (χ1v) is 5.52. The van der Waals surface area contributed by atoms with Crippen molar-refractivity contribution in [2.24, 2.45) is 5.92 Å². The fraction of sp³-hybridized carbons (Fsp3) is 0.143. The van der Waals surface area contributed by atoms with E-state index in [0.29, 0.717) is 0 Å². The number of allylic oxidation sites excluding steroid dienone is 2. The number of benzene rings is 1. The molecule has 0 spiro atoms. The molecule has 3 heteroatoms. The van der Waals surface area contributed by atoms with Crippen molar-refractivity contribution >= 4 is 11.8 Å². The molecule has 1 N–H and O–H groups in total. The van der Waals surface area contributed by atoms with Crippen LogP contribution in [0.25, 0.3) is 0 Å². The lowest BCUT2D eigenvalue weighted by Gasteiger charge is -2.28. The molecule has 84 valence electrons. The highest BCUT2D eigenvalue weighted by molar-refractivity contribution is 6.13. The Morgan fingerprint density at radius 3 is 2.59 bits per heavy atom. The predicted molar refractivity (Wildman–Crippen MR) is 63.0 cm³/mol. The van der Waals surface area contributed by atoms with Crippen LogP contribution >= 0.6 is 0 Å². The van der Waals surface area contributed by atoms with Crippen LogP contribution in [-0.2, 0) is 15.0 Å². The van der Waals surface area contributed by atoms with E-state index in [4.69, 9.17) is 0 Å². The van der Waals surface area contributed by atoms with Crippen LogP contribution in [0.5, 0.6) is 0 Å². The third-order valence-corrected chi connectivity index (χ3v) is 3.41. The highest BCUT2D eigenvalue weighted by Crippen LogP contribution is 2.41. The molecule has 0 radical (unpaired) electrons. The summed E-state index contributed by atoms with van der Waals surface area (Å²) in [6, 6.07) is 9.42. The van der Waals surface area contributed by atoms with Gasteiger partial charge in [0, 0.05) is 0 Å². The Bertz CT molecular complexity index is 545. The fourth-order valence-electron chi connectivity index (χ4n) is 2.56. The number of rotatable bonds is 1. The molecule has 2 atom stereocenters. The summed E-state index contributed by atoms with van der Waals surface area (Å²) in [6.45, 7) is 0. The second-order valence-corrected chi connectivity index (χ2v) is 4.28. The van der Waals surface area contributed by atoms with Crippen LogP contribution in [0, 0.1) is 5.92 Å². The molecule has 1 aromatic carbocycles. The topological polar surface area (TPSA) is 46.2 Å². The SMILES string of the molecule is O=C1NC(=O)C2(c3ccccc3)C=CC=CC12. The van der Waals surface area contributed by atoms with Gasteiger partial charge in [0.1, 0.15) is 5.41 Å². The van der Waals surface area contributed by atoms with Gasteiger partial charge in [0.05, 0.1) is 5.92 Å². The molecule has 0 bridgehead atoms. The average Bonchev–Trinajstić information content (AvgIpc) is 2.64. The van der Waals surface area contributed by atoms with E-state index < -0.39 is 11.3 Å². The lowest BCUT2D eigenvalue weighted by atomic mass is 9.70. The maximum absolute atomic E-state index is 12.1. The minimum atomic E-state index is -0.854. The van der Waals surface area contributed by atoms with Crippen molar-refractivity contribution < 1.29 is 9.59 Å². The molecule has 1 aliphatic carbocycles. The molecule has 1 heterocycles. The van der Waals surface area contributed by atoms with Crippen molar-refractivity contribution in [3.05, 3.63) is 60.2 Å². The third-order valence-electron chi connectivity index (χ3n) is 3.41. The van der Waals surface area contributed by atoms with E-state index in [2.05, 4.69) is 5.32 Å². The lowest BCUT2D eigenvalue weighted by Crippen LogP contribution is -2.38. The van der Waals surface area contributed by atoms with E-state index in [1.807, 2.05) is 48.6 Å². The van der Waals surface area contributed by atoms with Gasteiger partial charge in [-0.1, -0.05) is 54.6 Å². The van der Waals surface area contributed by atoms with Gasteiger partial charge in [-0.25, -0.2) is 0 Å². The number of fused-ring (bicyclic) bond motifs is 1. The van der Waals surface area contributed by atoms with Crippen molar-refractivity contribution in [3.63, 3.8) is 0 Å². The minimum absolute atomic E-state index is 0.223. The van der Waals surface area contributed by atoms with E-state index >= 15 is 0 Å². The lowest BCUT2D eigenvalue weighted by molar-refractivity contribution is -0.126. The van der Waals surface area contributed by atoms with Crippen molar-refractivity contribution in [1.29, 1.82) is 0 Å². The molecule has 1 aliphatic heterocycles. The molecule has 17 heavy (non-hydrogen) atoms. The summed E-state index contributed by atoms with van der Waals surface area (Å²) < 4.78 is 0.